The zero-order chi connectivity index (χ0) is 19.0. The number of halogens is 1. The molecule has 4 rings (SSSR count). The van der Waals surface area contributed by atoms with Gasteiger partial charge in [0.05, 0.1) is 30.3 Å². The van der Waals surface area contributed by atoms with Gasteiger partial charge in [-0.3, -0.25) is 4.79 Å². The number of methoxy groups -OCH3 is 1. The fourth-order valence-electron chi connectivity index (χ4n) is 3.54. The molecule has 3 aromatic rings. The minimum absolute atomic E-state index is 0.0353. The zero-order valence-electron chi connectivity index (χ0n) is 15.3. The van der Waals surface area contributed by atoms with Gasteiger partial charge < -0.3 is 9.64 Å². The van der Waals surface area contributed by atoms with Gasteiger partial charge in [0.1, 0.15) is 5.75 Å². The SMILES string of the molecule is COc1ccc2c(c1)CCCN2C(=O)c1cnn(-c2cccc(Cl)c2)c1C. The molecule has 0 fully saturated rings. The normalized spacial score (nSPS) is 13.4. The second-order valence-electron chi connectivity index (χ2n) is 6.59. The second-order valence-corrected chi connectivity index (χ2v) is 7.03. The third-order valence-corrected chi connectivity index (χ3v) is 5.18. The van der Waals surface area contributed by atoms with E-state index in [0.29, 0.717) is 17.1 Å². The van der Waals surface area contributed by atoms with Crippen LogP contribution in [0.25, 0.3) is 5.69 Å². The number of aromatic nitrogens is 2. The quantitative estimate of drug-likeness (QED) is 0.674. The van der Waals surface area contributed by atoms with Gasteiger partial charge in [-0.15, -0.1) is 0 Å². The van der Waals surface area contributed by atoms with Crippen molar-refractivity contribution in [3.05, 3.63) is 70.5 Å². The number of hydrogen-bond donors (Lipinski definition) is 0. The predicted molar refractivity (Wildman–Crippen MR) is 106 cm³/mol. The molecule has 138 valence electrons. The van der Waals surface area contributed by atoms with Crippen LogP contribution in [0.3, 0.4) is 0 Å². The van der Waals surface area contributed by atoms with Gasteiger partial charge in [0.15, 0.2) is 0 Å². The Morgan fingerprint density at radius 3 is 2.85 bits per heavy atom. The monoisotopic (exact) mass is 381 g/mol. The van der Waals surface area contributed by atoms with E-state index in [1.807, 2.05) is 54.3 Å². The number of anilines is 1. The lowest BCUT2D eigenvalue weighted by molar-refractivity contribution is 0.0984. The van der Waals surface area contributed by atoms with Gasteiger partial charge >= 0.3 is 0 Å². The van der Waals surface area contributed by atoms with Gasteiger partial charge in [-0.2, -0.15) is 5.10 Å². The van der Waals surface area contributed by atoms with Gasteiger partial charge in [-0.05, 0) is 61.7 Å². The number of benzene rings is 2. The fourth-order valence-corrected chi connectivity index (χ4v) is 3.73. The zero-order valence-corrected chi connectivity index (χ0v) is 16.0. The van der Waals surface area contributed by atoms with Crippen molar-refractivity contribution < 1.29 is 9.53 Å². The number of ether oxygens (including phenoxy) is 1. The van der Waals surface area contributed by atoms with E-state index in [9.17, 15) is 4.79 Å². The summed E-state index contributed by atoms with van der Waals surface area (Å²) < 4.78 is 7.06. The maximum atomic E-state index is 13.3. The molecule has 1 aliphatic heterocycles. The molecule has 1 amide bonds. The Balaban J connectivity index is 1.69. The van der Waals surface area contributed by atoms with Gasteiger partial charge in [-0.25, -0.2) is 4.68 Å². The Kier molecular flexibility index (Phi) is 4.62. The number of carbonyl (C=O) groups excluding carboxylic acids is 1. The second kappa shape index (κ2) is 7.08. The number of amides is 1. The first kappa shape index (κ1) is 17.6. The molecule has 0 radical (unpaired) electrons. The van der Waals surface area contributed by atoms with Crippen LogP contribution in [0.15, 0.2) is 48.7 Å². The molecule has 2 heterocycles. The van der Waals surface area contributed by atoms with E-state index in [4.69, 9.17) is 16.3 Å². The summed E-state index contributed by atoms with van der Waals surface area (Å²) in [6.45, 7) is 2.60. The van der Waals surface area contributed by atoms with E-state index in [-0.39, 0.29) is 5.91 Å². The molecule has 0 unspecified atom stereocenters. The highest BCUT2D eigenvalue weighted by Gasteiger charge is 2.26. The summed E-state index contributed by atoms with van der Waals surface area (Å²) in [7, 11) is 1.65. The maximum absolute atomic E-state index is 13.3. The Morgan fingerprint density at radius 2 is 2.07 bits per heavy atom. The van der Waals surface area contributed by atoms with Crippen molar-refractivity contribution in [2.24, 2.45) is 0 Å². The average molecular weight is 382 g/mol. The summed E-state index contributed by atoms with van der Waals surface area (Å²) >= 11 is 6.09. The summed E-state index contributed by atoms with van der Waals surface area (Å²) in [4.78, 5) is 15.1. The third kappa shape index (κ3) is 3.19. The van der Waals surface area contributed by atoms with Crippen LogP contribution in [0.1, 0.15) is 28.0 Å². The minimum Gasteiger partial charge on any atom is -0.497 e. The lowest BCUT2D eigenvalue weighted by Crippen LogP contribution is -2.35. The van der Waals surface area contributed by atoms with Crippen LogP contribution in [0.5, 0.6) is 5.75 Å². The van der Waals surface area contributed by atoms with Gasteiger partial charge in [0, 0.05) is 17.3 Å². The lowest BCUT2D eigenvalue weighted by Gasteiger charge is -2.29. The molecule has 0 saturated carbocycles. The van der Waals surface area contributed by atoms with Gasteiger partial charge in [0.2, 0.25) is 0 Å². The molecular formula is C21H20ClN3O2. The van der Waals surface area contributed by atoms with E-state index in [1.54, 1.807) is 18.0 Å². The number of fused-ring (bicyclic) bond motifs is 1. The Morgan fingerprint density at radius 1 is 1.22 bits per heavy atom. The van der Waals surface area contributed by atoms with E-state index in [1.165, 1.54) is 0 Å². The molecule has 0 N–H and O–H groups in total. The smallest absolute Gasteiger partial charge is 0.261 e. The van der Waals surface area contributed by atoms with E-state index < -0.39 is 0 Å². The molecule has 0 spiro atoms. The first-order valence-corrected chi connectivity index (χ1v) is 9.25. The average Bonchev–Trinajstić information content (AvgIpc) is 3.07. The molecule has 0 aliphatic carbocycles. The summed E-state index contributed by atoms with van der Waals surface area (Å²) in [5, 5.41) is 5.05. The number of carbonyl (C=O) groups is 1. The molecule has 6 heteroatoms. The highest BCUT2D eigenvalue weighted by Crippen LogP contribution is 2.32. The van der Waals surface area contributed by atoms with Crippen molar-refractivity contribution in [2.75, 3.05) is 18.6 Å². The number of rotatable bonds is 3. The first-order chi connectivity index (χ1) is 13.1. The van der Waals surface area contributed by atoms with Gasteiger partial charge in [0.25, 0.3) is 5.91 Å². The maximum Gasteiger partial charge on any atom is 0.261 e. The van der Waals surface area contributed by atoms with E-state index in [2.05, 4.69) is 5.10 Å². The van der Waals surface area contributed by atoms with Crippen molar-refractivity contribution in [1.29, 1.82) is 0 Å². The molecule has 0 atom stereocenters. The standard InChI is InChI=1S/C21H20ClN3O2/c1-14-19(13-23-25(14)17-7-3-6-16(22)12-17)21(26)24-10-4-5-15-11-18(27-2)8-9-20(15)24/h3,6-9,11-13H,4-5,10H2,1-2H3. The summed E-state index contributed by atoms with van der Waals surface area (Å²) in [6, 6.07) is 13.3. The molecule has 27 heavy (non-hydrogen) atoms. The van der Waals surface area contributed by atoms with Gasteiger partial charge in [-0.1, -0.05) is 17.7 Å². The first-order valence-electron chi connectivity index (χ1n) is 8.88. The van der Waals surface area contributed by atoms with Crippen molar-refractivity contribution in [3.63, 3.8) is 0 Å². The molecule has 1 aromatic heterocycles. The summed E-state index contributed by atoms with van der Waals surface area (Å²) in [6.07, 6.45) is 3.50. The van der Waals surface area contributed by atoms with Crippen LogP contribution in [-0.2, 0) is 6.42 Å². The summed E-state index contributed by atoms with van der Waals surface area (Å²) in [5.41, 5.74) is 4.31. The molecule has 2 aromatic carbocycles. The van der Waals surface area contributed by atoms with Crippen LogP contribution in [-0.4, -0.2) is 29.3 Å². The molecule has 5 nitrogen and oxygen atoms in total. The van der Waals surface area contributed by atoms with Crippen molar-refractivity contribution in [3.8, 4) is 11.4 Å². The minimum atomic E-state index is -0.0353. The van der Waals surface area contributed by atoms with Crippen LogP contribution >= 0.6 is 11.6 Å². The summed E-state index contributed by atoms with van der Waals surface area (Å²) in [5.74, 6) is 0.778. The Hall–Kier alpha value is -2.79. The van der Waals surface area contributed by atoms with Crippen LogP contribution < -0.4 is 9.64 Å². The van der Waals surface area contributed by atoms with E-state index >= 15 is 0 Å². The molecular weight excluding hydrogens is 362 g/mol. The van der Waals surface area contributed by atoms with Crippen molar-refractivity contribution in [1.82, 2.24) is 9.78 Å². The number of nitrogens with zero attached hydrogens (tertiary/aromatic N) is 3. The number of hydrogen-bond acceptors (Lipinski definition) is 3. The number of aryl methyl sites for hydroxylation is 1. The topological polar surface area (TPSA) is 47.4 Å². The van der Waals surface area contributed by atoms with E-state index in [0.717, 1.165) is 41.2 Å². The Labute approximate surface area is 163 Å². The predicted octanol–water partition coefficient (Wildman–Crippen LogP) is 4.44. The fraction of sp³-hybridized carbons (Fsp3) is 0.238. The molecule has 0 saturated heterocycles. The highest BCUT2D eigenvalue weighted by atomic mass is 35.5. The molecule has 1 aliphatic rings. The van der Waals surface area contributed by atoms with Crippen molar-refractivity contribution >= 4 is 23.2 Å². The third-order valence-electron chi connectivity index (χ3n) is 4.94. The Bertz CT molecular complexity index is 1010. The largest absolute Gasteiger partial charge is 0.497 e. The van der Waals surface area contributed by atoms with Crippen LogP contribution in [0.4, 0.5) is 5.69 Å². The lowest BCUT2D eigenvalue weighted by atomic mass is 10.0. The van der Waals surface area contributed by atoms with Crippen LogP contribution in [0.2, 0.25) is 5.02 Å². The molecule has 0 bridgehead atoms. The highest BCUT2D eigenvalue weighted by molar-refractivity contribution is 6.30. The van der Waals surface area contributed by atoms with Crippen molar-refractivity contribution in [2.45, 2.75) is 19.8 Å². The van der Waals surface area contributed by atoms with Crippen LogP contribution in [0, 0.1) is 6.92 Å².